The molecule has 0 radical (unpaired) electrons. The van der Waals surface area contributed by atoms with Crippen LogP contribution in [0.1, 0.15) is 45.4 Å². The van der Waals surface area contributed by atoms with Gasteiger partial charge < -0.3 is 9.84 Å². The Hall–Kier alpha value is -0.940. The van der Waals surface area contributed by atoms with Gasteiger partial charge in [-0.25, -0.2) is 4.68 Å². The molecule has 1 N–H and O–H groups in total. The average Bonchev–Trinajstić information content (AvgIpc) is 2.73. The van der Waals surface area contributed by atoms with Crippen LogP contribution in [0.4, 0.5) is 0 Å². The van der Waals surface area contributed by atoms with Gasteiger partial charge in [-0.1, -0.05) is 19.1 Å². The topological polar surface area (TPSA) is 60.2 Å². The number of hydrogen-bond donors (Lipinski definition) is 1. The van der Waals surface area contributed by atoms with Crippen molar-refractivity contribution in [3.63, 3.8) is 0 Å². The predicted octanol–water partition coefficient (Wildman–Crippen LogP) is 1.54. The lowest BCUT2D eigenvalue weighted by Gasteiger charge is -2.21. The summed E-state index contributed by atoms with van der Waals surface area (Å²) >= 11 is 0. The molecular weight excluding hydrogens is 206 g/mol. The number of nitrogens with zero attached hydrogens (tertiary/aromatic N) is 3. The number of rotatable bonds is 7. The van der Waals surface area contributed by atoms with Crippen molar-refractivity contribution in [2.75, 3.05) is 6.61 Å². The SMILES string of the molecule is CCCn1nncc1C(O)C(CC)OCC. The van der Waals surface area contributed by atoms with E-state index in [1.807, 2.05) is 13.8 Å². The lowest BCUT2D eigenvalue weighted by Crippen LogP contribution is -2.24. The normalized spacial score (nSPS) is 15.0. The monoisotopic (exact) mass is 227 g/mol. The maximum Gasteiger partial charge on any atom is 0.123 e. The summed E-state index contributed by atoms with van der Waals surface area (Å²) in [7, 11) is 0. The van der Waals surface area contributed by atoms with E-state index in [0.717, 1.165) is 25.1 Å². The van der Waals surface area contributed by atoms with Gasteiger partial charge in [-0.05, 0) is 19.8 Å². The summed E-state index contributed by atoms with van der Waals surface area (Å²) in [5.74, 6) is 0. The van der Waals surface area contributed by atoms with Crippen LogP contribution in [0.5, 0.6) is 0 Å². The van der Waals surface area contributed by atoms with E-state index < -0.39 is 6.10 Å². The molecule has 0 aliphatic carbocycles. The Bertz CT molecular complexity index is 301. The lowest BCUT2D eigenvalue weighted by atomic mass is 10.1. The van der Waals surface area contributed by atoms with Gasteiger partial charge in [0.1, 0.15) is 6.10 Å². The molecule has 16 heavy (non-hydrogen) atoms. The highest BCUT2D eigenvalue weighted by molar-refractivity contribution is 5.01. The van der Waals surface area contributed by atoms with Gasteiger partial charge in [-0.2, -0.15) is 0 Å². The molecule has 0 saturated heterocycles. The van der Waals surface area contributed by atoms with Crippen molar-refractivity contribution in [3.8, 4) is 0 Å². The number of aliphatic hydroxyl groups is 1. The van der Waals surface area contributed by atoms with Crippen molar-refractivity contribution in [2.24, 2.45) is 0 Å². The minimum absolute atomic E-state index is 0.181. The number of hydrogen-bond acceptors (Lipinski definition) is 4. The highest BCUT2D eigenvalue weighted by Crippen LogP contribution is 2.20. The molecule has 0 bridgehead atoms. The minimum atomic E-state index is -0.647. The molecule has 5 heteroatoms. The van der Waals surface area contributed by atoms with Crippen LogP contribution in [0.25, 0.3) is 0 Å². The van der Waals surface area contributed by atoms with Crippen molar-refractivity contribution in [3.05, 3.63) is 11.9 Å². The lowest BCUT2D eigenvalue weighted by molar-refractivity contribution is -0.0391. The Morgan fingerprint density at radius 2 is 2.19 bits per heavy atom. The van der Waals surface area contributed by atoms with Gasteiger partial charge >= 0.3 is 0 Å². The summed E-state index contributed by atoms with van der Waals surface area (Å²) in [6, 6.07) is 0. The smallest absolute Gasteiger partial charge is 0.123 e. The van der Waals surface area contributed by atoms with Crippen LogP contribution in [0.15, 0.2) is 6.20 Å². The Morgan fingerprint density at radius 3 is 2.75 bits per heavy atom. The Labute approximate surface area is 96.4 Å². The zero-order chi connectivity index (χ0) is 12.0. The molecule has 5 nitrogen and oxygen atoms in total. The van der Waals surface area contributed by atoms with E-state index in [-0.39, 0.29) is 6.10 Å². The van der Waals surface area contributed by atoms with E-state index in [1.54, 1.807) is 10.9 Å². The molecule has 0 fully saturated rings. The largest absolute Gasteiger partial charge is 0.384 e. The molecule has 92 valence electrons. The van der Waals surface area contributed by atoms with Gasteiger partial charge in [-0.3, -0.25) is 0 Å². The van der Waals surface area contributed by atoms with Crippen LogP contribution in [-0.2, 0) is 11.3 Å². The van der Waals surface area contributed by atoms with E-state index in [9.17, 15) is 5.11 Å². The maximum absolute atomic E-state index is 10.2. The van der Waals surface area contributed by atoms with Gasteiger partial charge in [0.15, 0.2) is 0 Å². The van der Waals surface area contributed by atoms with Crippen LogP contribution in [0.3, 0.4) is 0 Å². The zero-order valence-corrected chi connectivity index (χ0v) is 10.3. The first-order valence-corrected chi connectivity index (χ1v) is 5.92. The minimum Gasteiger partial charge on any atom is -0.384 e. The van der Waals surface area contributed by atoms with Crippen LogP contribution in [-0.4, -0.2) is 32.8 Å². The Morgan fingerprint density at radius 1 is 1.44 bits per heavy atom. The third-order valence-corrected chi connectivity index (χ3v) is 2.52. The Balaban J connectivity index is 2.76. The summed E-state index contributed by atoms with van der Waals surface area (Å²) in [5, 5.41) is 18.0. The molecule has 1 rings (SSSR count). The van der Waals surface area contributed by atoms with Crippen LogP contribution >= 0.6 is 0 Å². The van der Waals surface area contributed by atoms with E-state index >= 15 is 0 Å². The van der Waals surface area contributed by atoms with Crippen LogP contribution in [0, 0.1) is 0 Å². The molecule has 0 aliphatic heterocycles. The first-order valence-electron chi connectivity index (χ1n) is 5.92. The number of aromatic nitrogens is 3. The third-order valence-electron chi connectivity index (χ3n) is 2.52. The molecule has 2 unspecified atom stereocenters. The fraction of sp³-hybridized carbons (Fsp3) is 0.818. The number of aryl methyl sites for hydroxylation is 1. The zero-order valence-electron chi connectivity index (χ0n) is 10.3. The van der Waals surface area contributed by atoms with Crippen molar-refractivity contribution in [2.45, 2.75) is 52.4 Å². The summed E-state index contributed by atoms with van der Waals surface area (Å²) in [6.07, 6.45) is 2.52. The van der Waals surface area contributed by atoms with E-state index in [2.05, 4.69) is 17.2 Å². The molecule has 0 aliphatic rings. The molecule has 0 amide bonds. The first-order chi connectivity index (χ1) is 7.74. The average molecular weight is 227 g/mol. The summed E-state index contributed by atoms with van der Waals surface area (Å²) in [5.41, 5.74) is 0.738. The third kappa shape index (κ3) is 3.02. The molecule has 0 spiro atoms. The predicted molar refractivity (Wildman–Crippen MR) is 61.0 cm³/mol. The molecule has 0 aromatic carbocycles. The van der Waals surface area contributed by atoms with Crippen molar-refractivity contribution >= 4 is 0 Å². The summed E-state index contributed by atoms with van der Waals surface area (Å²) < 4.78 is 7.23. The number of aliphatic hydroxyl groups excluding tert-OH is 1. The van der Waals surface area contributed by atoms with Gasteiger partial charge in [0, 0.05) is 13.2 Å². The van der Waals surface area contributed by atoms with Crippen molar-refractivity contribution in [1.29, 1.82) is 0 Å². The van der Waals surface area contributed by atoms with Crippen molar-refractivity contribution < 1.29 is 9.84 Å². The maximum atomic E-state index is 10.2. The second-order valence-corrected chi connectivity index (χ2v) is 3.73. The fourth-order valence-electron chi connectivity index (χ4n) is 1.72. The van der Waals surface area contributed by atoms with E-state index in [0.29, 0.717) is 6.61 Å². The molecule has 1 aromatic rings. The Kier molecular flexibility index (Phi) is 5.42. The molecular formula is C11H21N3O2. The second-order valence-electron chi connectivity index (χ2n) is 3.73. The van der Waals surface area contributed by atoms with Gasteiger partial charge in [0.05, 0.1) is 18.0 Å². The highest BCUT2D eigenvalue weighted by atomic mass is 16.5. The number of ether oxygens (including phenoxy) is 1. The summed E-state index contributed by atoms with van der Waals surface area (Å²) in [6.45, 7) is 7.37. The van der Waals surface area contributed by atoms with Gasteiger partial charge in [0.25, 0.3) is 0 Å². The van der Waals surface area contributed by atoms with Crippen LogP contribution in [0.2, 0.25) is 0 Å². The van der Waals surface area contributed by atoms with Crippen molar-refractivity contribution in [1.82, 2.24) is 15.0 Å². The van der Waals surface area contributed by atoms with E-state index in [4.69, 9.17) is 4.74 Å². The first kappa shape index (κ1) is 13.1. The fourth-order valence-corrected chi connectivity index (χ4v) is 1.72. The second kappa shape index (κ2) is 6.60. The molecule has 2 atom stereocenters. The van der Waals surface area contributed by atoms with E-state index in [1.165, 1.54) is 0 Å². The van der Waals surface area contributed by atoms with Crippen LogP contribution < -0.4 is 0 Å². The highest BCUT2D eigenvalue weighted by Gasteiger charge is 2.23. The standard InChI is InChI=1S/C11H21N3O2/c1-4-7-14-9(8-12-13-14)11(15)10(5-2)16-6-3/h8,10-11,15H,4-7H2,1-3H3. The quantitative estimate of drug-likeness (QED) is 0.767. The molecule has 0 saturated carbocycles. The van der Waals surface area contributed by atoms with Gasteiger partial charge in [-0.15, -0.1) is 5.10 Å². The van der Waals surface area contributed by atoms with Gasteiger partial charge in [0.2, 0.25) is 0 Å². The molecule has 1 aromatic heterocycles. The summed E-state index contributed by atoms with van der Waals surface area (Å²) in [4.78, 5) is 0. The molecule has 1 heterocycles.